The average molecular weight is 167 g/mol. The van der Waals surface area contributed by atoms with E-state index >= 15 is 0 Å². The number of nitrogens with zero attached hydrogens (tertiary/aromatic N) is 1. The Balaban J connectivity index is 3.21. The smallest absolute Gasteiger partial charge is 0.333 e. The standard InChI is InChI=1S/C8H11N2O2/c1-6-3-4-8(12-2)7(5-6)10(9)11/h3-5H,1-2H3,(H2,9,11)/q+1. The Hall–Kier alpha value is -1.58. The molecule has 0 spiro atoms. The van der Waals surface area contributed by atoms with Gasteiger partial charge in [0.15, 0.2) is 10.6 Å². The second-order valence-corrected chi connectivity index (χ2v) is 2.50. The van der Waals surface area contributed by atoms with Crippen LogP contribution >= 0.6 is 0 Å². The molecule has 4 nitrogen and oxygen atoms in total. The van der Waals surface area contributed by atoms with E-state index in [0.29, 0.717) is 16.3 Å². The summed E-state index contributed by atoms with van der Waals surface area (Å²) in [6, 6.07) is 5.24. The van der Waals surface area contributed by atoms with Crippen LogP contribution in [0, 0.1) is 11.8 Å². The van der Waals surface area contributed by atoms with Crippen molar-refractivity contribution in [2.24, 2.45) is 5.84 Å². The van der Waals surface area contributed by atoms with Crippen molar-refractivity contribution in [2.45, 2.75) is 6.92 Å². The van der Waals surface area contributed by atoms with Gasteiger partial charge in [0.25, 0.3) is 0 Å². The van der Waals surface area contributed by atoms with E-state index in [0.717, 1.165) is 5.56 Å². The van der Waals surface area contributed by atoms with E-state index in [-0.39, 0.29) is 0 Å². The molecule has 0 heterocycles. The van der Waals surface area contributed by atoms with E-state index in [9.17, 15) is 4.91 Å². The van der Waals surface area contributed by atoms with Crippen LogP contribution in [0.2, 0.25) is 0 Å². The lowest BCUT2D eigenvalue weighted by atomic mass is 10.2. The average Bonchev–Trinajstić information content (AvgIpc) is 2.04. The fourth-order valence-corrected chi connectivity index (χ4v) is 0.972. The SMILES string of the molecule is COc1ccc(C)cc1[N+](N)=O. The highest BCUT2D eigenvalue weighted by molar-refractivity contribution is 5.47. The molecule has 0 fully saturated rings. The summed E-state index contributed by atoms with van der Waals surface area (Å²) < 4.78 is 4.94. The lowest BCUT2D eigenvalue weighted by Gasteiger charge is -1.99. The molecule has 12 heavy (non-hydrogen) atoms. The highest BCUT2D eigenvalue weighted by atomic mass is 16.5. The Morgan fingerprint density at radius 2 is 2.17 bits per heavy atom. The first-order chi connectivity index (χ1) is 5.65. The third kappa shape index (κ3) is 1.53. The Bertz CT molecular complexity index is 310. The predicted molar refractivity (Wildman–Crippen MR) is 45.2 cm³/mol. The molecule has 0 saturated carbocycles. The maximum absolute atomic E-state index is 10.8. The van der Waals surface area contributed by atoms with Gasteiger partial charge in [0.1, 0.15) is 0 Å². The number of hydrogen-bond acceptors (Lipinski definition) is 2. The first kappa shape index (κ1) is 8.52. The number of methoxy groups -OCH3 is 1. The Morgan fingerprint density at radius 3 is 2.67 bits per heavy atom. The van der Waals surface area contributed by atoms with Crippen LogP contribution in [-0.4, -0.2) is 12.0 Å². The zero-order valence-electron chi connectivity index (χ0n) is 7.07. The van der Waals surface area contributed by atoms with E-state index in [1.165, 1.54) is 7.11 Å². The molecule has 64 valence electrons. The van der Waals surface area contributed by atoms with Crippen LogP contribution in [0.25, 0.3) is 0 Å². The van der Waals surface area contributed by atoms with Crippen LogP contribution in [0.15, 0.2) is 18.2 Å². The fourth-order valence-electron chi connectivity index (χ4n) is 0.972. The Morgan fingerprint density at radius 1 is 1.50 bits per heavy atom. The van der Waals surface area contributed by atoms with Gasteiger partial charge in [-0.1, -0.05) is 6.07 Å². The summed E-state index contributed by atoms with van der Waals surface area (Å²) in [7, 11) is 1.50. The number of hydrazine groups is 1. The first-order valence-corrected chi connectivity index (χ1v) is 3.51. The third-order valence-corrected chi connectivity index (χ3v) is 1.57. The number of benzene rings is 1. The van der Waals surface area contributed by atoms with Gasteiger partial charge < -0.3 is 4.74 Å². The van der Waals surface area contributed by atoms with Crippen molar-refractivity contribution < 1.29 is 9.61 Å². The first-order valence-electron chi connectivity index (χ1n) is 3.51. The van der Waals surface area contributed by atoms with Gasteiger partial charge in [0.2, 0.25) is 0 Å². The second-order valence-electron chi connectivity index (χ2n) is 2.50. The van der Waals surface area contributed by atoms with Crippen molar-refractivity contribution in [3.05, 3.63) is 28.7 Å². The minimum absolute atomic E-state index is 0.297. The third-order valence-electron chi connectivity index (χ3n) is 1.57. The van der Waals surface area contributed by atoms with Crippen molar-refractivity contribution in [2.75, 3.05) is 7.11 Å². The molecule has 0 unspecified atom stereocenters. The molecule has 1 aromatic rings. The minimum atomic E-state index is 0.297. The molecule has 4 heteroatoms. The summed E-state index contributed by atoms with van der Waals surface area (Å²) in [5.41, 5.74) is 1.31. The number of rotatable bonds is 2. The molecular weight excluding hydrogens is 156 g/mol. The molecule has 0 aliphatic rings. The number of nitrogens with two attached hydrogens (primary N) is 1. The van der Waals surface area contributed by atoms with E-state index in [4.69, 9.17) is 10.6 Å². The van der Waals surface area contributed by atoms with E-state index in [2.05, 4.69) is 0 Å². The van der Waals surface area contributed by atoms with Gasteiger partial charge in [-0.15, -0.1) is 0 Å². The number of aryl methyl sites for hydroxylation is 1. The molecular formula is C8H11N2O2+. The molecule has 1 rings (SSSR count). The summed E-state index contributed by atoms with van der Waals surface area (Å²) in [6.07, 6.45) is 0. The maximum atomic E-state index is 10.8. The quantitative estimate of drug-likeness (QED) is 0.410. The Labute approximate surface area is 70.5 Å². The van der Waals surface area contributed by atoms with Crippen LogP contribution in [-0.2, 0) is 0 Å². The van der Waals surface area contributed by atoms with Gasteiger partial charge >= 0.3 is 5.69 Å². The van der Waals surface area contributed by atoms with Crippen molar-refractivity contribution in [1.29, 1.82) is 0 Å². The van der Waals surface area contributed by atoms with E-state index in [1.54, 1.807) is 12.1 Å². The van der Waals surface area contributed by atoms with Crippen LogP contribution in [0.1, 0.15) is 5.56 Å². The second kappa shape index (κ2) is 3.21. The molecule has 0 bridgehead atoms. The molecule has 0 saturated heterocycles. The Kier molecular flexibility index (Phi) is 2.28. The van der Waals surface area contributed by atoms with Crippen molar-refractivity contribution in [3.8, 4) is 5.75 Å². The van der Waals surface area contributed by atoms with Crippen LogP contribution < -0.4 is 10.6 Å². The molecule has 0 radical (unpaired) electrons. The highest BCUT2D eigenvalue weighted by Gasteiger charge is 2.16. The van der Waals surface area contributed by atoms with Gasteiger partial charge in [0.05, 0.1) is 12.0 Å². The van der Waals surface area contributed by atoms with Crippen LogP contribution in [0.5, 0.6) is 5.75 Å². The van der Waals surface area contributed by atoms with Crippen LogP contribution in [0.4, 0.5) is 5.69 Å². The molecule has 0 aromatic heterocycles. The highest BCUT2D eigenvalue weighted by Crippen LogP contribution is 2.25. The molecule has 0 atom stereocenters. The van der Waals surface area contributed by atoms with E-state index < -0.39 is 0 Å². The topological polar surface area (TPSA) is 55.3 Å². The predicted octanol–water partition coefficient (Wildman–Crippen LogP) is 1.29. The summed E-state index contributed by atoms with van der Waals surface area (Å²) in [5.74, 6) is 5.54. The number of hydrogen-bond donors (Lipinski definition) is 1. The monoisotopic (exact) mass is 167 g/mol. The van der Waals surface area contributed by atoms with Crippen LogP contribution in [0.3, 0.4) is 0 Å². The molecule has 0 aliphatic carbocycles. The molecule has 0 amide bonds. The zero-order chi connectivity index (χ0) is 9.14. The van der Waals surface area contributed by atoms with Gasteiger partial charge in [0, 0.05) is 6.07 Å². The van der Waals surface area contributed by atoms with Crippen molar-refractivity contribution in [3.63, 3.8) is 0 Å². The van der Waals surface area contributed by atoms with Gasteiger partial charge in [-0.25, -0.2) is 0 Å². The van der Waals surface area contributed by atoms with Crippen molar-refractivity contribution in [1.82, 2.24) is 0 Å². The number of ether oxygens (including phenoxy) is 1. The minimum Gasteiger partial charge on any atom is -0.490 e. The zero-order valence-corrected chi connectivity index (χ0v) is 7.07. The summed E-state index contributed by atoms with van der Waals surface area (Å²) in [5, 5.41) is 0. The summed E-state index contributed by atoms with van der Waals surface area (Å²) >= 11 is 0. The van der Waals surface area contributed by atoms with Gasteiger partial charge in [-0.2, -0.15) is 5.84 Å². The molecule has 2 N–H and O–H groups in total. The van der Waals surface area contributed by atoms with Gasteiger partial charge in [-0.05, 0) is 18.6 Å². The normalized spacial score (nSPS) is 9.50. The number of nitroso groups, excluding NO2 is 1. The molecule has 0 aliphatic heterocycles. The maximum Gasteiger partial charge on any atom is 0.333 e. The summed E-state index contributed by atoms with van der Waals surface area (Å²) in [6.45, 7) is 1.88. The lowest BCUT2D eigenvalue weighted by molar-refractivity contribution is -0.475. The lowest BCUT2D eigenvalue weighted by Crippen LogP contribution is -2.10. The molecule has 1 aromatic carbocycles. The van der Waals surface area contributed by atoms with Crippen molar-refractivity contribution >= 4 is 5.69 Å². The van der Waals surface area contributed by atoms with Gasteiger partial charge in [-0.3, -0.25) is 0 Å². The largest absolute Gasteiger partial charge is 0.490 e. The fraction of sp³-hybridized carbons (Fsp3) is 0.250. The van der Waals surface area contributed by atoms with E-state index in [1.807, 2.05) is 13.0 Å². The summed E-state index contributed by atoms with van der Waals surface area (Å²) in [4.78, 5) is 11.1.